The Hall–Kier alpha value is -1.26. The van der Waals surface area contributed by atoms with Crippen LogP contribution in [-0.4, -0.2) is 30.6 Å². The summed E-state index contributed by atoms with van der Waals surface area (Å²) in [7, 11) is 0. The number of rotatable bonds is 2. The van der Waals surface area contributed by atoms with Gasteiger partial charge in [0, 0.05) is 18.1 Å². The lowest BCUT2D eigenvalue weighted by molar-refractivity contribution is -0.131. The van der Waals surface area contributed by atoms with Crippen LogP contribution >= 0.6 is 11.6 Å². The van der Waals surface area contributed by atoms with E-state index in [1.807, 2.05) is 23.2 Å². The number of nitrogens with zero attached hydrogens (tertiary/aromatic N) is 1. The Kier molecular flexibility index (Phi) is 4.13. The maximum atomic E-state index is 12.3. The fourth-order valence-electron chi connectivity index (χ4n) is 2.78. The van der Waals surface area contributed by atoms with Crippen LogP contribution in [0.5, 0.6) is 5.75 Å². The van der Waals surface area contributed by atoms with Gasteiger partial charge in [-0.1, -0.05) is 18.0 Å². The van der Waals surface area contributed by atoms with E-state index in [2.05, 4.69) is 5.43 Å². The fourth-order valence-corrected chi connectivity index (χ4v) is 2.98. The molecule has 1 amide bonds. The summed E-state index contributed by atoms with van der Waals surface area (Å²) in [6.45, 7) is 2.33. The first kappa shape index (κ1) is 13.7. The number of nitrogens with one attached hydrogen (secondary N) is 1. The van der Waals surface area contributed by atoms with E-state index >= 15 is 0 Å². The first-order valence-corrected chi connectivity index (χ1v) is 7.57. The molecule has 1 N–H and O–H groups in total. The number of halogens is 1. The van der Waals surface area contributed by atoms with E-state index in [0.717, 1.165) is 37.2 Å². The highest BCUT2D eigenvalue weighted by molar-refractivity contribution is 6.30. The van der Waals surface area contributed by atoms with Crippen molar-refractivity contribution in [3.8, 4) is 5.75 Å². The Bertz CT molecular complexity index is 501. The summed E-state index contributed by atoms with van der Waals surface area (Å²) in [5.41, 5.74) is 4.03. The number of ether oxygens (including phenoxy) is 1. The summed E-state index contributed by atoms with van der Waals surface area (Å²) in [5.74, 6) is 0.761. The molecule has 0 aromatic heterocycles. The summed E-state index contributed by atoms with van der Waals surface area (Å²) in [4.78, 5) is 12.3. The molecular weight excluding hydrogens is 276 g/mol. The summed E-state index contributed by atoms with van der Waals surface area (Å²) < 4.78 is 5.66. The quantitative estimate of drug-likeness (QED) is 0.911. The predicted octanol–water partition coefficient (Wildman–Crippen LogP) is 2.41. The van der Waals surface area contributed by atoms with Crippen LogP contribution in [0.2, 0.25) is 5.02 Å². The van der Waals surface area contributed by atoms with Crippen LogP contribution in [-0.2, 0) is 11.2 Å². The molecule has 1 aromatic rings. The summed E-state index contributed by atoms with van der Waals surface area (Å²) in [6, 6.07) is 5.57. The van der Waals surface area contributed by atoms with Gasteiger partial charge in [0.2, 0.25) is 5.91 Å². The van der Waals surface area contributed by atoms with Crippen molar-refractivity contribution in [1.29, 1.82) is 0 Å². The molecule has 0 bridgehead atoms. The predicted molar refractivity (Wildman–Crippen MR) is 77.7 cm³/mol. The van der Waals surface area contributed by atoms with Crippen LogP contribution in [0.4, 0.5) is 0 Å². The first-order valence-electron chi connectivity index (χ1n) is 7.19. The van der Waals surface area contributed by atoms with Gasteiger partial charge in [-0.2, -0.15) is 0 Å². The van der Waals surface area contributed by atoms with Gasteiger partial charge < -0.3 is 4.74 Å². The largest absolute Gasteiger partial charge is 0.492 e. The number of carbonyl (C=O) groups is 1. The second-order valence-electron chi connectivity index (χ2n) is 5.49. The van der Waals surface area contributed by atoms with E-state index < -0.39 is 0 Å². The maximum Gasteiger partial charge on any atom is 0.241 e. The Morgan fingerprint density at radius 2 is 2.10 bits per heavy atom. The third kappa shape index (κ3) is 3.07. The first-order chi connectivity index (χ1) is 9.72. The summed E-state index contributed by atoms with van der Waals surface area (Å²) in [6.07, 6.45) is 4.25. The molecule has 3 rings (SSSR count). The standard InChI is InChI=1S/C15H19ClN2O2/c16-13-4-5-14-11(9-13)8-12(10-20-14)15(19)17-18-6-2-1-3-7-18/h4-5,9,12H,1-3,6-8,10H2,(H,17,19)/t12-/m0/s1. The molecule has 0 saturated carbocycles. The monoisotopic (exact) mass is 294 g/mol. The minimum Gasteiger partial charge on any atom is -0.492 e. The molecule has 0 unspecified atom stereocenters. The van der Waals surface area contributed by atoms with Crippen molar-refractivity contribution in [2.24, 2.45) is 5.92 Å². The van der Waals surface area contributed by atoms with Crippen molar-refractivity contribution in [2.75, 3.05) is 19.7 Å². The number of carbonyl (C=O) groups excluding carboxylic acids is 1. The number of piperidine rings is 1. The van der Waals surface area contributed by atoms with Crippen LogP contribution in [0.3, 0.4) is 0 Å². The molecule has 0 radical (unpaired) electrons. The van der Waals surface area contributed by atoms with Crippen LogP contribution in [0.25, 0.3) is 0 Å². The second-order valence-corrected chi connectivity index (χ2v) is 5.92. The third-order valence-electron chi connectivity index (χ3n) is 3.92. The van der Waals surface area contributed by atoms with Crippen molar-refractivity contribution < 1.29 is 9.53 Å². The molecule has 1 fully saturated rings. The maximum absolute atomic E-state index is 12.3. The molecule has 0 spiro atoms. The van der Waals surface area contributed by atoms with Crippen molar-refractivity contribution in [1.82, 2.24) is 10.4 Å². The van der Waals surface area contributed by atoms with Crippen LogP contribution in [0.15, 0.2) is 18.2 Å². The van der Waals surface area contributed by atoms with E-state index in [0.29, 0.717) is 18.1 Å². The zero-order valence-corrected chi connectivity index (χ0v) is 12.2. The van der Waals surface area contributed by atoms with Gasteiger partial charge in [0.25, 0.3) is 0 Å². The van der Waals surface area contributed by atoms with Crippen LogP contribution in [0, 0.1) is 5.92 Å². The molecule has 0 aliphatic carbocycles. The number of benzene rings is 1. The van der Waals surface area contributed by atoms with E-state index in [1.54, 1.807) is 0 Å². The minimum absolute atomic E-state index is 0.0533. The fraction of sp³-hybridized carbons (Fsp3) is 0.533. The smallest absolute Gasteiger partial charge is 0.241 e. The average molecular weight is 295 g/mol. The molecule has 1 atom stereocenters. The number of hydrogen-bond donors (Lipinski definition) is 1. The molecule has 108 valence electrons. The molecular formula is C15H19ClN2O2. The highest BCUT2D eigenvalue weighted by atomic mass is 35.5. The van der Waals surface area contributed by atoms with Gasteiger partial charge >= 0.3 is 0 Å². The Morgan fingerprint density at radius 3 is 2.90 bits per heavy atom. The van der Waals surface area contributed by atoms with E-state index in [9.17, 15) is 4.79 Å². The average Bonchev–Trinajstić information content (AvgIpc) is 2.47. The lowest BCUT2D eigenvalue weighted by Gasteiger charge is -2.30. The third-order valence-corrected chi connectivity index (χ3v) is 4.16. The SMILES string of the molecule is O=C(NN1CCCCC1)[C@@H]1COc2ccc(Cl)cc2C1. The van der Waals surface area contributed by atoms with E-state index in [1.165, 1.54) is 6.42 Å². The van der Waals surface area contributed by atoms with Crippen molar-refractivity contribution >= 4 is 17.5 Å². The van der Waals surface area contributed by atoms with Gasteiger partial charge in [0.1, 0.15) is 12.4 Å². The minimum atomic E-state index is -0.136. The van der Waals surface area contributed by atoms with Crippen molar-refractivity contribution in [3.05, 3.63) is 28.8 Å². The molecule has 1 saturated heterocycles. The Morgan fingerprint density at radius 1 is 1.30 bits per heavy atom. The highest BCUT2D eigenvalue weighted by Crippen LogP contribution is 2.29. The van der Waals surface area contributed by atoms with Gasteiger partial charge in [0.05, 0.1) is 5.92 Å². The van der Waals surface area contributed by atoms with Crippen LogP contribution in [0.1, 0.15) is 24.8 Å². The number of amides is 1. The zero-order valence-electron chi connectivity index (χ0n) is 11.4. The lowest BCUT2D eigenvalue weighted by Crippen LogP contribution is -2.49. The summed E-state index contributed by atoms with van der Waals surface area (Å²) >= 11 is 6.00. The number of hydrogen-bond acceptors (Lipinski definition) is 3. The molecule has 20 heavy (non-hydrogen) atoms. The summed E-state index contributed by atoms with van der Waals surface area (Å²) in [5, 5.41) is 2.71. The van der Waals surface area contributed by atoms with Crippen molar-refractivity contribution in [2.45, 2.75) is 25.7 Å². The number of fused-ring (bicyclic) bond motifs is 1. The molecule has 4 nitrogen and oxygen atoms in total. The molecule has 2 heterocycles. The topological polar surface area (TPSA) is 41.6 Å². The van der Waals surface area contributed by atoms with Crippen LogP contribution < -0.4 is 10.2 Å². The van der Waals surface area contributed by atoms with E-state index in [-0.39, 0.29) is 11.8 Å². The highest BCUT2D eigenvalue weighted by Gasteiger charge is 2.27. The van der Waals surface area contributed by atoms with Gasteiger partial charge in [-0.05, 0) is 43.0 Å². The normalized spacial score (nSPS) is 22.8. The van der Waals surface area contributed by atoms with Gasteiger partial charge in [0.15, 0.2) is 0 Å². The Balaban J connectivity index is 1.62. The lowest BCUT2D eigenvalue weighted by atomic mass is 9.96. The van der Waals surface area contributed by atoms with Gasteiger partial charge in [-0.25, -0.2) is 5.01 Å². The van der Waals surface area contributed by atoms with Gasteiger partial charge in [-0.3, -0.25) is 10.2 Å². The van der Waals surface area contributed by atoms with E-state index in [4.69, 9.17) is 16.3 Å². The molecule has 5 heteroatoms. The zero-order chi connectivity index (χ0) is 13.9. The van der Waals surface area contributed by atoms with Crippen molar-refractivity contribution in [3.63, 3.8) is 0 Å². The molecule has 1 aromatic carbocycles. The molecule has 2 aliphatic rings. The second kappa shape index (κ2) is 6.02. The van der Waals surface area contributed by atoms with Gasteiger partial charge in [-0.15, -0.1) is 0 Å². The molecule has 2 aliphatic heterocycles. The Labute approximate surface area is 124 Å². The number of hydrazine groups is 1.